The fourth-order valence-corrected chi connectivity index (χ4v) is 4.79. The summed E-state index contributed by atoms with van der Waals surface area (Å²) in [5, 5.41) is 3.12. The lowest BCUT2D eigenvalue weighted by Gasteiger charge is -2.29. The van der Waals surface area contributed by atoms with Gasteiger partial charge in [0, 0.05) is 39.1 Å². The van der Waals surface area contributed by atoms with Crippen LogP contribution in [0.2, 0.25) is 0 Å². The number of hydrogen-bond donors (Lipinski definition) is 1. The Kier molecular flexibility index (Phi) is 6.11. The molecule has 0 aliphatic carbocycles. The average Bonchev–Trinajstić information content (AvgIpc) is 3.27. The number of rotatable bonds is 5. The number of likely N-dealkylation sites (tertiary alicyclic amines) is 1. The summed E-state index contributed by atoms with van der Waals surface area (Å²) >= 11 is 0. The first kappa shape index (κ1) is 21.3. The zero-order valence-electron chi connectivity index (χ0n) is 18.8. The molecule has 3 aromatic rings. The lowest BCUT2D eigenvalue weighted by atomic mass is 9.98. The molecule has 3 amide bonds. The summed E-state index contributed by atoms with van der Waals surface area (Å²) in [7, 11) is 0. The molecule has 0 unspecified atom stereocenters. The van der Waals surface area contributed by atoms with Gasteiger partial charge in [0.15, 0.2) is 0 Å². The topological polar surface area (TPSA) is 52.7 Å². The van der Waals surface area contributed by atoms with Gasteiger partial charge in [-0.15, -0.1) is 0 Å². The molecule has 168 valence electrons. The summed E-state index contributed by atoms with van der Waals surface area (Å²) < 4.78 is 0. The van der Waals surface area contributed by atoms with E-state index in [0.29, 0.717) is 26.1 Å². The number of nitrogens with zero attached hydrogens (tertiary/aromatic N) is 2. The predicted molar refractivity (Wildman–Crippen MR) is 129 cm³/mol. The zero-order valence-corrected chi connectivity index (χ0v) is 18.8. The van der Waals surface area contributed by atoms with E-state index in [1.807, 2.05) is 28.0 Å². The van der Waals surface area contributed by atoms with Crippen LogP contribution in [0.3, 0.4) is 0 Å². The second kappa shape index (κ2) is 9.49. The van der Waals surface area contributed by atoms with Gasteiger partial charge in [0.2, 0.25) is 5.91 Å². The second-order valence-electron chi connectivity index (χ2n) is 8.87. The fourth-order valence-electron chi connectivity index (χ4n) is 4.79. The predicted octanol–water partition coefficient (Wildman–Crippen LogP) is 4.74. The van der Waals surface area contributed by atoms with E-state index < -0.39 is 0 Å². The summed E-state index contributed by atoms with van der Waals surface area (Å²) in [6.07, 6.45) is 2.52. The van der Waals surface area contributed by atoms with Crippen molar-refractivity contribution < 1.29 is 9.59 Å². The molecule has 0 atom stereocenters. The van der Waals surface area contributed by atoms with E-state index in [4.69, 9.17) is 0 Å². The standard InChI is InChI=1S/C28H29N3O2/c32-27-10-5-16-30(27)19-21-11-13-23(14-12-21)26-9-4-3-7-24(26)18-29-28(33)31-17-15-22-6-1-2-8-25(22)20-31/h1-4,6-9,11-14H,5,10,15-20H2,(H,29,33). The van der Waals surface area contributed by atoms with Gasteiger partial charge < -0.3 is 15.1 Å². The van der Waals surface area contributed by atoms with Gasteiger partial charge in [-0.2, -0.15) is 0 Å². The van der Waals surface area contributed by atoms with E-state index in [0.717, 1.165) is 48.2 Å². The molecule has 0 radical (unpaired) electrons. The number of fused-ring (bicyclic) bond motifs is 1. The van der Waals surface area contributed by atoms with Gasteiger partial charge in [-0.3, -0.25) is 4.79 Å². The van der Waals surface area contributed by atoms with Crippen LogP contribution in [-0.2, 0) is 30.8 Å². The summed E-state index contributed by atoms with van der Waals surface area (Å²) in [5.41, 5.74) is 7.03. The highest BCUT2D eigenvalue weighted by Gasteiger charge is 2.21. The maximum atomic E-state index is 12.8. The first-order chi connectivity index (χ1) is 16.2. The summed E-state index contributed by atoms with van der Waals surface area (Å²) in [6, 6.07) is 24.9. The molecule has 0 aromatic heterocycles. The van der Waals surface area contributed by atoms with Crippen molar-refractivity contribution in [2.24, 2.45) is 0 Å². The van der Waals surface area contributed by atoms with Crippen LogP contribution in [0.5, 0.6) is 0 Å². The van der Waals surface area contributed by atoms with Crippen molar-refractivity contribution in [1.82, 2.24) is 15.1 Å². The molecule has 0 spiro atoms. The van der Waals surface area contributed by atoms with E-state index in [2.05, 4.69) is 59.9 Å². The van der Waals surface area contributed by atoms with Gasteiger partial charge in [-0.1, -0.05) is 72.8 Å². The minimum atomic E-state index is -0.0232. The smallest absolute Gasteiger partial charge is 0.317 e. The monoisotopic (exact) mass is 439 g/mol. The van der Waals surface area contributed by atoms with Crippen LogP contribution in [-0.4, -0.2) is 34.8 Å². The molecule has 0 saturated carbocycles. The van der Waals surface area contributed by atoms with E-state index in [1.54, 1.807) is 0 Å². The third kappa shape index (κ3) is 4.77. The molecule has 3 aromatic carbocycles. The quantitative estimate of drug-likeness (QED) is 0.624. The molecule has 1 N–H and O–H groups in total. The van der Waals surface area contributed by atoms with Crippen LogP contribution >= 0.6 is 0 Å². The Hall–Kier alpha value is -3.60. The number of carbonyl (C=O) groups is 2. The Morgan fingerprint density at radius 3 is 2.39 bits per heavy atom. The lowest BCUT2D eigenvalue weighted by Crippen LogP contribution is -2.42. The maximum Gasteiger partial charge on any atom is 0.317 e. The molecule has 33 heavy (non-hydrogen) atoms. The lowest BCUT2D eigenvalue weighted by molar-refractivity contribution is -0.128. The van der Waals surface area contributed by atoms with Gasteiger partial charge in [0.25, 0.3) is 0 Å². The number of nitrogens with one attached hydrogen (secondary N) is 1. The van der Waals surface area contributed by atoms with Crippen molar-refractivity contribution in [3.8, 4) is 11.1 Å². The Bertz CT molecular complexity index is 1160. The van der Waals surface area contributed by atoms with Gasteiger partial charge in [-0.25, -0.2) is 4.79 Å². The molecule has 2 aliphatic heterocycles. The van der Waals surface area contributed by atoms with Crippen molar-refractivity contribution in [2.75, 3.05) is 13.1 Å². The number of hydrogen-bond acceptors (Lipinski definition) is 2. The largest absolute Gasteiger partial charge is 0.338 e. The highest BCUT2D eigenvalue weighted by atomic mass is 16.2. The molecule has 1 fully saturated rings. The Balaban J connectivity index is 1.24. The van der Waals surface area contributed by atoms with Crippen LogP contribution in [0.1, 0.15) is 35.1 Å². The van der Waals surface area contributed by atoms with Crippen molar-refractivity contribution >= 4 is 11.9 Å². The number of benzene rings is 3. The number of carbonyl (C=O) groups excluding carboxylic acids is 2. The Morgan fingerprint density at radius 2 is 1.61 bits per heavy atom. The molecule has 1 saturated heterocycles. The molecular formula is C28H29N3O2. The minimum Gasteiger partial charge on any atom is -0.338 e. The Morgan fingerprint density at radius 1 is 0.848 bits per heavy atom. The van der Waals surface area contributed by atoms with Crippen LogP contribution in [0.25, 0.3) is 11.1 Å². The van der Waals surface area contributed by atoms with Crippen molar-refractivity contribution in [3.05, 3.63) is 95.1 Å². The van der Waals surface area contributed by atoms with E-state index >= 15 is 0 Å². The van der Waals surface area contributed by atoms with Crippen LogP contribution < -0.4 is 5.32 Å². The van der Waals surface area contributed by atoms with E-state index in [-0.39, 0.29) is 11.9 Å². The highest BCUT2D eigenvalue weighted by molar-refractivity contribution is 5.78. The molecule has 2 aliphatic rings. The zero-order chi connectivity index (χ0) is 22.6. The van der Waals surface area contributed by atoms with Crippen LogP contribution in [0.4, 0.5) is 4.79 Å². The van der Waals surface area contributed by atoms with Crippen LogP contribution in [0, 0.1) is 0 Å². The van der Waals surface area contributed by atoms with Gasteiger partial charge >= 0.3 is 6.03 Å². The molecular weight excluding hydrogens is 410 g/mol. The summed E-state index contributed by atoms with van der Waals surface area (Å²) in [5.74, 6) is 0.248. The van der Waals surface area contributed by atoms with Crippen molar-refractivity contribution in [1.29, 1.82) is 0 Å². The summed E-state index contributed by atoms with van der Waals surface area (Å²) in [6.45, 7) is 3.41. The fraction of sp³-hybridized carbons (Fsp3) is 0.286. The normalized spacial score (nSPS) is 15.5. The summed E-state index contributed by atoms with van der Waals surface area (Å²) in [4.78, 5) is 28.6. The van der Waals surface area contributed by atoms with Crippen molar-refractivity contribution in [2.45, 2.75) is 38.9 Å². The number of amides is 3. The molecule has 0 bridgehead atoms. The third-order valence-corrected chi connectivity index (χ3v) is 6.68. The maximum absolute atomic E-state index is 12.8. The van der Waals surface area contributed by atoms with Gasteiger partial charge in [0.05, 0.1) is 0 Å². The minimum absolute atomic E-state index is 0.0232. The average molecular weight is 440 g/mol. The van der Waals surface area contributed by atoms with E-state index in [9.17, 15) is 9.59 Å². The van der Waals surface area contributed by atoms with Gasteiger partial charge in [-0.05, 0) is 46.2 Å². The molecule has 5 rings (SSSR count). The highest BCUT2D eigenvalue weighted by Crippen LogP contribution is 2.25. The van der Waals surface area contributed by atoms with Crippen molar-refractivity contribution in [3.63, 3.8) is 0 Å². The van der Waals surface area contributed by atoms with E-state index in [1.165, 1.54) is 11.1 Å². The first-order valence-corrected chi connectivity index (χ1v) is 11.7. The van der Waals surface area contributed by atoms with Crippen LogP contribution in [0.15, 0.2) is 72.8 Å². The Labute approximate surface area is 195 Å². The molecule has 5 nitrogen and oxygen atoms in total. The molecule has 5 heteroatoms. The number of urea groups is 1. The first-order valence-electron chi connectivity index (χ1n) is 11.7. The third-order valence-electron chi connectivity index (χ3n) is 6.68. The SMILES string of the molecule is O=C1CCCN1Cc1ccc(-c2ccccc2CNC(=O)N2CCc3ccccc3C2)cc1. The second-order valence-corrected chi connectivity index (χ2v) is 8.87. The van der Waals surface area contributed by atoms with Gasteiger partial charge in [0.1, 0.15) is 0 Å². The molecule has 2 heterocycles.